The molecule has 3 atom stereocenters. The molecule has 2 rings (SSSR count). The Morgan fingerprint density at radius 1 is 1.15 bits per heavy atom. The van der Waals surface area contributed by atoms with Gasteiger partial charge in [-0.2, -0.15) is 0 Å². The van der Waals surface area contributed by atoms with Gasteiger partial charge in [-0.25, -0.2) is 0 Å². The summed E-state index contributed by atoms with van der Waals surface area (Å²) in [4.78, 5) is 11.9. The van der Waals surface area contributed by atoms with Gasteiger partial charge in [0.15, 0.2) is 0 Å². The zero-order valence-electron chi connectivity index (χ0n) is 16.8. The van der Waals surface area contributed by atoms with Gasteiger partial charge in [0.25, 0.3) is 0 Å². The van der Waals surface area contributed by atoms with Gasteiger partial charge in [0.1, 0.15) is 5.75 Å². The maximum absolute atomic E-state index is 11.9. The van der Waals surface area contributed by atoms with Crippen molar-refractivity contribution < 1.29 is 14.3 Å². The first-order valence-electron chi connectivity index (χ1n) is 10.5. The molecule has 26 heavy (non-hydrogen) atoms. The zero-order valence-corrected chi connectivity index (χ0v) is 16.8. The molecule has 0 amide bonds. The Morgan fingerprint density at radius 2 is 1.88 bits per heavy atom. The molecule has 1 aromatic rings. The fraction of sp³-hybridized carbons (Fsp3) is 0.696. The summed E-state index contributed by atoms with van der Waals surface area (Å²) < 4.78 is 10.9. The summed E-state index contributed by atoms with van der Waals surface area (Å²) in [5.41, 5.74) is 1.40. The molecule has 0 heterocycles. The summed E-state index contributed by atoms with van der Waals surface area (Å²) in [6, 6.07) is 8.58. The first-order chi connectivity index (χ1) is 12.7. The smallest absolute Gasteiger partial charge is 0.308 e. The lowest BCUT2D eigenvalue weighted by Crippen LogP contribution is -2.29. The Hall–Kier alpha value is -1.51. The molecule has 1 aromatic carbocycles. The van der Waals surface area contributed by atoms with Crippen molar-refractivity contribution in [3.63, 3.8) is 0 Å². The molecule has 1 aliphatic rings. The molecule has 3 heteroatoms. The summed E-state index contributed by atoms with van der Waals surface area (Å²) in [6.07, 6.45) is 10.3. The molecule has 0 bridgehead atoms. The van der Waals surface area contributed by atoms with Crippen molar-refractivity contribution in [2.45, 2.75) is 71.6 Å². The molecule has 0 radical (unpaired) electrons. The average Bonchev–Trinajstić information content (AvgIpc) is 2.68. The van der Waals surface area contributed by atoms with Gasteiger partial charge in [0.05, 0.1) is 19.6 Å². The molecule has 0 saturated heterocycles. The standard InChI is InChI=1S/C23H36O3/c1-4-8-18(5-2)17-19-11-13-21(14-12-19)26-16-15-20-9-6-7-10-22(20)23(24)25-3/h11-14,18,20,22H,4-10,15-17H2,1-3H3/t18?,20-,22+/m0/s1. The molecule has 1 fully saturated rings. The predicted molar refractivity (Wildman–Crippen MR) is 106 cm³/mol. The molecular formula is C23H36O3. The van der Waals surface area contributed by atoms with E-state index < -0.39 is 0 Å². The van der Waals surface area contributed by atoms with Crippen molar-refractivity contribution in [3.8, 4) is 5.75 Å². The molecule has 0 aromatic heterocycles. The molecule has 3 nitrogen and oxygen atoms in total. The van der Waals surface area contributed by atoms with Crippen LogP contribution in [0.5, 0.6) is 5.75 Å². The van der Waals surface area contributed by atoms with Crippen molar-refractivity contribution in [3.05, 3.63) is 29.8 Å². The minimum atomic E-state index is -0.0448. The van der Waals surface area contributed by atoms with Crippen LogP contribution in [0.25, 0.3) is 0 Å². The SMILES string of the molecule is CCCC(CC)Cc1ccc(OCC[C@@H]2CCCC[C@H]2C(=O)OC)cc1. The van der Waals surface area contributed by atoms with Crippen LogP contribution >= 0.6 is 0 Å². The number of hydrogen-bond acceptors (Lipinski definition) is 3. The van der Waals surface area contributed by atoms with Gasteiger partial charge in [-0.3, -0.25) is 4.79 Å². The van der Waals surface area contributed by atoms with E-state index in [0.717, 1.165) is 43.8 Å². The number of rotatable bonds is 10. The third-order valence-corrected chi connectivity index (χ3v) is 5.89. The first-order valence-corrected chi connectivity index (χ1v) is 10.5. The number of carbonyl (C=O) groups excluding carboxylic acids is 1. The molecule has 0 N–H and O–H groups in total. The maximum atomic E-state index is 11.9. The van der Waals surface area contributed by atoms with Gasteiger partial charge in [0.2, 0.25) is 0 Å². The Kier molecular flexibility index (Phi) is 9.00. The van der Waals surface area contributed by atoms with Crippen LogP contribution < -0.4 is 4.74 Å². The largest absolute Gasteiger partial charge is 0.494 e. The highest BCUT2D eigenvalue weighted by Crippen LogP contribution is 2.33. The van der Waals surface area contributed by atoms with Gasteiger partial charge in [-0.15, -0.1) is 0 Å². The lowest BCUT2D eigenvalue weighted by Gasteiger charge is -2.29. The van der Waals surface area contributed by atoms with E-state index in [4.69, 9.17) is 9.47 Å². The van der Waals surface area contributed by atoms with E-state index in [1.54, 1.807) is 0 Å². The third-order valence-electron chi connectivity index (χ3n) is 5.89. The van der Waals surface area contributed by atoms with Crippen molar-refractivity contribution in [2.24, 2.45) is 17.8 Å². The van der Waals surface area contributed by atoms with Crippen LogP contribution in [0.3, 0.4) is 0 Å². The summed E-state index contributed by atoms with van der Waals surface area (Å²) in [5, 5.41) is 0. The van der Waals surface area contributed by atoms with Crippen LogP contribution in [-0.2, 0) is 16.0 Å². The Balaban J connectivity index is 1.79. The van der Waals surface area contributed by atoms with E-state index in [2.05, 4.69) is 38.1 Å². The monoisotopic (exact) mass is 360 g/mol. The predicted octanol–water partition coefficient (Wildman–Crippen LogP) is 5.80. The topological polar surface area (TPSA) is 35.5 Å². The normalized spacial score (nSPS) is 21.2. The van der Waals surface area contributed by atoms with Crippen LogP contribution in [0, 0.1) is 17.8 Å². The highest BCUT2D eigenvalue weighted by molar-refractivity contribution is 5.72. The Morgan fingerprint density at radius 3 is 2.54 bits per heavy atom. The molecule has 0 spiro atoms. The second-order valence-corrected chi connectivity index (χ2v) is 7.72. The van der Waals surface area contributed by atoms with Crippen molar-refractivity contribution in [1.82, 2.24) is 0 Å². The van der Waals surface area contributed by atoms with Crippen LogP contribution in [-0.4, -0.2) is 19.7 Å². The fourth-order valence-electron chi connectivity index (χ4n) is 4.26. The lowest BCUT2D eigenvalue weighted by atomic mass is 9.77. The van der Waals surface area contributed by atoms with E-state index in [1.165, 1.54) is 38.4 Å². The van der Waals surface area contributed by atoms with Gasteiger partial charge in [-0.1, -0.05) is 58.1 Å². The van der Waals surface area contributed by atoms with Gasteiger partial charge in [0, 0.05) is 0 Å². The van der Waals surface area contributed by atoms with Gasteiger partial charge in [-0.05, 0) is 55.2 Å². The summed E-state index contributed by atoms with van der Waals surface area (Å²) in [6.45, 7) is 5.21. The minimum Gasteiger partial charge on any atom is -0.494 e. The van der Waals surface area contributed by atoms with E-state index in [0.29, 0.717) is 12.5 Å². The van der Waals surface area contributed by atoms with E-state index in [9.17, 15) is 4.79 Å². The highest BCUT2D eigenvalue weighted by Gasteiger charge is 2.31. The maximum Gasteiger partial charge on any atom is 0.308 e. The molecule has 146 valence electrons. The summed E-state index contributed by atoms with van der Waals surface area (Å²) >= 11 is 0. The Labute approximate surface area is 159 Å². The van der Waals surface area contributed by atoms with E-state index >= 15 is 0 Å². The molecule has 1 saturated carbocycles. The van der Waals surface area contributed by atoms with Crippen molar-refractivity contribution in [1.29, 1.82) is 0 Å². The van der Waals surface area contributed by atoms with Crippen molar-refractivity contribution in [2.75, 3.05) is 13.7 Å². The molecule has 0 aliphatic heterocycles. The van der Waals surface area contributed by atoms with Gasteiger partial charge >= 0.3 is 5.97 Å². The average molecular weight is 361 g/mol. The third kappa shape index (κ3) is 6.34. The van der Waals surface area contributed by atoms with E-state index in [-0.39, 0.29) is 11.9 Å². The molecule has 1 unspecified atom stereocenters. The fourth-order valence-corrected chi connectivity index (χ4v) is 4.26. The molecular weight excluding hydrogens is 324 g/mol. The summed E-state index contributed by atoms with van der Waals surface area (Å²) in [7, 11) is 1.50. The lowest BCUT2D eigenvalue weighted by molar-refractivity contribution is -0.148. The minimum absolute atomic E-state index is 0.0448. The number of benzene rings is 1. The van der Waals surface area contributed by atoms with Crippen LogP contribution in [0.15, 0.2) is 24.3 Å². The highest BCUT2D eigenvalue weighted by atomic mass is 16.5. The second kappa shape index (κ2) is 11.3. The van der Waals surface area contributed by atoms with Crippen LogP contribution in [0.1, 0.15) is 70.8 Å². The number of methoxy groups -OCH3 is 1. The van der Waals surface area contributed by atoms with Crippen molar-refractivity contribution >= 4 is 5.97 Å². The first kappa shape index (κ1) is 20.8. The zero-order chi connectivity index (χ0) is 18.8. The number of esters is 1. The number of hydrogen-bond donors (Lipinski definition) is 0. The Bertz CT molecular complexity index is 523. The molecule has 1 aliphatic carbocycles. The van der Waals surface area contributed by atoms with Gasteiger partial charge < -0.3 is 9.47 Å². The van der Waals surface area contributed by atoms with Crippen LogP contribution in [0.4, 0.5) is 0 Å². The quantitative estimate of drug-likeness (QED) is 0.494. The second-order valence-electron chi connectivity index (χ2n) is 7.72. The number of ether oxygens (including phenoxy) is 2. The van der Waals surface area contributed by atoms with E-state index in [1.807, 2.05) is 0 Å². The van der Waals surface area contributed by atoms with Crippen LogP contribution in [0.2, 0.25) is 0 Å². The summed E-state index contributed by atoms with van der Waals surface area (Å²) in [5.74, 6) is 2.13. The number of carbonyl (C=O) groups is 1.